The first kappa shape index (κ1) is 16.5. The third-order valence-corrected chi connectivity index (χ3v) is 3.81. The number of nitrogens with zero attached hydrogens (tertiary/aromatic N) is 1. The van der Waals surface area contributed by atoms with E-state index in [0.717, 1.165) is 39.2 Å². The molecule has 0 aliphatic carbocycles. The Morgan fingerprint density at radius 2 is 2.00 bits per heavy atom. The lowest BCUT2D eigenvalue weighted by atomic mass is 10.1. The van der Waals surface area contributed by atoms with Crippen LogP contribution in [0.1, 0.15) is 39.2 Å². The molecule has 1 N–H and O–H groups in total. The standard InChI is InChI=1S/C18H30N2O/c1-18(2,3)19-11-7-13-21-17-10-12-20(15-17)14-16-8-5-4-6-9-16/h4-6,8-9,17,19H,7,10-15H2,1-3H3. The molecule has 0 spiro atoms. The second-order valence-corrected chi connectivity index (χ2v) is 7.03. The zero-order chi connectivity index (χ0) is 15.1. The highest BCUT2D eigenvalue weighted by Gasteiger charge is 2.22. The van der Waals surface area contributed by atoms with Crippen molar-refractivity contribution in [2.45, 2.75) is 51.8 Å². The summed E-state index contributed by atoms with van der Waals surface area (Å²) in [5.74, 6) is 0. The number of rotatable bonds is 7. The molecule has 2 rings (SSSR count). The molecule has 3 nitrogen and oxygen atoms in total. The largest absolute Gasteiger partial charge is 0.377 e. The molecule has 21 heavy (non-hydrogen) atoms. The van der Waals surface area contributed by atoms with E-state index < -0.39 is 0 Å². The number of ether oxygens (including phenoxy) is 1. The van der Waals surface area contributed by atoms with E-state index in [2.05, 4.69) is 61.3 Å². The van der Waals surface area contributed by atoms with Crippen LogP contribution in [0.15, 0.2) is 30.3 Å². The number of likely N-dealkylation sites (tertiary alicyclic amines) is 1. The highest BCUT2D eigenvalue weighted by atomic mass is 16.5. The van der Waals surface area contributed by atoms with Gasteiger partial charge in [0.1, 0.15) is 0 Å². The van der Waals surface area contributed by atoms with E-state index in [0.29, 0.717) is 6.10 Å². The fourth-order valence-corrected chi connectivity index (χ4v) is 2.70. The molecule has 3 heteroatoms. The summed E-state index contributed by atoms with van der Waals surface area (Å²) in [4.78, 5) is 2.49. The minimum absolute atomic E-state index is 0.208. The van der Waals surface area contributed by atoms with Crippen molar-refractivity contribution in [2.24, 2.45) is 0 Å². The monoisotopic (exact) mass is 290 g/mol. The first-order chi connectivity index (χ1) is 10.0. The van der Waals surface area contributed by atoms with Gasteiger partial charge in [0.2, 0.25) is 0 Å². The van der Waals surface area contributed by atoms with Gasteiger partial charge in [0.05, 0.1) is 6.10 Å². The molecule has 0 aromatic heterocycles. The Labute approximate surface area is 129 Å². The second-order valence-electron chi connectivity index (χ2n) is 7.03. The zero-order valence-corrected chi connectivity index (χ0v) is 13.8. The molecule has 1 saturated heterocycles. The summed E-state index contributed by atoms with van der Waals surface area (Å²) >= 11 is 0. The Hall–Kier alpha value is -0.900. The van der Waals surface area contributed by atoms with Crippen LogP contribution in [0.4, 0.5) is 0 Å². The summed E-state index contributed by atoms with van der Waals surface area (Å²) < 4.78 is 6.00. The predicted octanol–water partition coefficient (Wildman–Crippen LogP) is 3.06. The van der Waals surface area contributed by atoms with Crippen molar-refractivity contribution >= 4 is 0 Å². The Bertz CT molecular complexity index is 399. The average molecular weight is 290 g/mol. The lowest BCUT2D eigenvalue weighted by Gasteiger charge is -2.21. The smallest absolute Gasteiger partial charge is 0.0714 e. The quantitative estimate of drug-likeness (QED) is 0.781. The molecule has 0 bridgehead atoms. The van der Waals surface area contributed by atoms with E-state index >= 15 is 0 Å². The Kier molecular flexibility index (Phi) is 6.22. The van der Waals surface area contributed by atoms with E-state index in [1.54, 1.807) is 0 Å². The molecular weight excluding hydrogens is 260 g/mol. The summed E-state index contributed by atoms with van der Waals surface area (Å²) in [5.41, 5.74) is 1.60. The van der Waals surface area contributed by atoms with Crippen LogP contribution in [0.5, 0.6) is 0 Å². The van der Waals surface area contributed by atoms with Crippen LogP contribution < -0.4 is 5.32 Å². The average Bonchev–Trinajstić information content (AvgIpc) is 2.86. The van der Waals surface area contributed by atoms with Gasteiger partial charge in [-0.05, 0) is 45.7 Å². The first-order valence-corrected chi connectivity index (χ1v) is 8.16. The maximum Gasteiger partial charge on any atom is 0.0714 e. The summed E-state index contributed by atoms with van der Waals surface area (Å²) in [6.45, 7) is 11.8. The normalized spacial score (nSPS) is 20.0. The van der Waals surface area contributed by atoms with Crippen LogP contribution in [-0.2, 0) is 11.3 Å². The van der Waals surface area contributed by atoms with Crippen LogP contribution in [0, 0.1) is 0 Å². The first-order valence-electron chi connectivity index (χ1n) is 8.16. The van der Waals surface area contributed by atoms with Gasteiger partial charge in [-0.3, -0.25) is 4.90 Å². The van der Waals surface area contributed by atoms with Gasteiger partial charge < -0.3 is 10.1 Å². The number of nitrogens with one attached hydrogen (secondary N) is 1. The van der Waals surface area contributed by atoms with Crippen molar-refractivity contribution in [2.75, 3.05) is 26.2 Å². The Balaban J connectivity index is 1.58. The second kappa shape index (κ2) is 7.92. The number of hydrogen-bond donors (Lipinski definition) is 1. The topological polar surface area (TPSA) is 24.5 Å². The van der Waals surface area contributed by atoms with Gasteiger partial charge >= 0.3 is 0 Å². The van der Waals surface area contributed by atoms with Gasteiger partial charge in [-0.2, -0.15) is 0 Å². The Morgan fingerprint density at radius 1 is 1.24 bits per heavy atom. The van der Waals surface area contributed by atoms with E-state index in [1.807, 2.05) is 0 Å². The van der Waals surface area contributed by atoms with Crippen molar-refractivity contribution in [3.05, 3.63) is 35.9 Å². The van der Waals surface area contributed by atoms with Gasteiger partial charge in [-0.25, -0.2) is 0 Å². The molecule has 1 aromatic rings. The zero-order valence-electron chi connectivity index (χ0n) is 13.8. The molecule has 0 radical (unpaired) electrons. The molecule has 1 aromatic carbocycles. The van der Waals surface area contributed by atoms with Gasteiger partial charge in [0, 0.05) is 31.8 Å². The summed E-state index contributed by atoms with van der Waals surface area (Å²) in [6.07, 6.45) is 2.68. The summed E-state index contributed by atoms with van der Waals surface area (Å²) in [7, 11) is 0. The summed E-state index contributed by atoms with van der Waals surface area (Å²) in [5, 5.41) is 3.50. The third-order valence-electron chi connectivity index (χ3n) is 3.81. The van der Waals surface area contributed by atoms with Crippen LogP contribution in [0.2, 0.25) is 0 Å². The fraction of sp³-hybridized carbons (Fsp3) is 0.667. The minimum Gasteiger partial charge on any atom is -0.377 e. The van der Waals surface area contributed by atoms with Gasteiger partial charge in [-0.1, -0.05) is 30.3 Å². The molecule has 1 unspecified atom stereocenters. The third kappa shape index (κ3) is 6.60. The number of hydrogen-bond acceptors (Lipinski definition) is 3. The molecule has 1 atom stereocenters. The maximum atomic E-state index is 6.00. The molecular formula is C18H30N2O. The number of benzene rings is 1. The highest BCUT2D eigenvalue weighted by molar-refractivity contribution is 5.14. The molecule has 1 fully saturated rings. The molecule has 1 aliphatic heterocycles. The molecule has 0 amide bonds. The minimum atomic E-state index is 0.208. The Morgan fingerprint density at radius 3 is 2.71 bits per heavy atom. The predicted molar refractivity (Wildman–Crippen MR) is 88.4 cm³/mol. The van der Waals surface area contributed by atoms with E-state index in [1.165, 1.54) is 12.0 Å². The lowest BCUT2D eigenvalue weighted by molar-refractivity contribution is 0.0564. The maximum absolute atomic E-state index is 6.00. The molecule has 1 aliphatic rings. The van der Waals surface area contributed by atoms with Gasteiger partial charge in [-0.15, -0.1) is 0 Å². The van der Waals surface area contributed by atoms with Crippen LogP contribution in [0.25, 0.3) is 0 Å². The molecule has 1 heterocycles. The van der Waals surface area contributed by atoms with Crippen molar-refractivity contribution in [1.82, 2.24) is 10.2 Å². The fourth-order valence-electron chi connectivity index (χ4n) is 2.70. The molecule has 118 valence electrons. The van der Waals surface area contributed by atoms with Gasteiger partial charge in [0.15, 0.2) is 0 Å². The van der Waals surface area contributed by atoms with Gasteiger partial charge in [0.25, 0.3) is 0 Å². The van der Waals surface area contributed by atoms with Crippen molar-refractivity contribution < 1.29 is 4.74 Å². The lowest BCUT2D eigenvalue weighted by Crippen LogP contribution is -2.36. The van der Waals surface area contributed by atoms with Crippen LogP contribution >= 0.6 is 0 Å². The van der Waals surface area contributed by atoms with Crippen LogP contribution in [0.3, 0.4) is 0 Å². The van der Waals surface area contributed by atoms with E-state index in [-0.39, 0.29) is 5.54 Å². The van der Waals surface area contributed by atoms with Crippen LogP contribution in [-0.4, -0.2) is 42.8 Å². The molecule has 0 saturated carbocycles. The summed E-state index contributed by atoms with van der Waals surface area (Å²) in [6, 6.07) is 10.7. The SMILES string of the molecule is CC(C)(C)NCCCOC1CCN(Cc2ccccc2)C1. The van der Waals surface area contributed by atoms with E-state index in [4.69, 9.17) is 4.74 Å². The van der Waals surface area contributed by atoms with Crippen molar-refractivity contribution in [3.63, 3.8) is 0 Å². The van der Waals surface area contributed by atoms with E-state index in [9.17, 15) is 0 Å². The van der Waals surface area contributed by atoms with Crippen molar-refractivity contribution in [1.29, 1.82) is 0 Å². The van der Waals surface area contributed by atoms with Crippen molar-refractivity contribution in [3.8, 4) is 0 Å². The highest BCUT2D eigenvalue weighted by Crippen LogP contribution is 2.16.